The van der Waals surface area contributed by atoms with E-state index in [1.807, 2.05) is 51.1 Å². The molecule has 1 unspecified atom stereocenters. The van der Waals surface area contributed by atoms with Crippen LogP contribution in [0.5, 0.6) is 5.75 Å². The maximum Gasteiger partial charge on any atom is 0.407 e. The third-order valence-corrected chi connectivity index (χ3v) is 3.82. The number of carbonyl (C=O) groups excluding carboxylic acids is 1. The van der Waals surface area contributed by atoms with Gasteiger partial charge in [-0.3, -0.25) is 4.99 Å². The molecule has 2 N–H and O–H groups in total. The first-order chi connectivity index (χ1) is 12.4. The number of guanidine groups is 1. The van der Waals surface area contributed by atoms with Gasteiger partial charge in [0, 0.05) is 20.1 Å². The molecular weight excluding hydrogens is 459 g/mol. The average molecular weight is 490 g/mol. The third-order valence-electron chi connectivity index (χ3n) is 3.82. The molecule has 8 heteroatoms. The van der Waals surface area contributed by atoms with Gasteiger partial charge in [-0.05, 0) is 39.3 Å². The van der Waals surface area contributed by atoms with Crippen molar-refractivity contribution in [3.8, 4) is 5.75 Å². The molecule has 1 atom stereocenters. The lowest BCUT2D eigenvalue weighted by atomic mass is 10.2. The van der Waals surface area contributed by atoms with Gasteiger partial charge in [-0.1, -0.05) is 18.2 Å². The van der Waals surface area contributed by atoms with Gasteiger partial charge in [0.15, 0.2) is 5.96 Å². The van der Waals surface area contributed by atoms with Crippen molar-refractivity contribution in [3.05, 3.63) is 30.3 Å². The van der Waals surface area contributed by atoms with E-state index in [4.69, 9.17) is 9.47 Å². The highest BCUT2D eigenvalue weighted by molar-refractivity contribution is 14.0. The van der Waals surface area contributed by atoms with E-state index in [-0.39, 0.29) is 36.1 Å². The van der Waals surface area contributed by atoms with Crippen LogP contribution < -0.4 is 15.4 Å². The van der Waals surface area contributed by atoms with E-state index >= 15 is 0 Å². The molecule has 0 aromatic heterocycles. The van der Waals surface area contributed by atoms with Crippen LogP contribution in [0.4, 0.5) is 4.79 Å². The molecule has 1 heterocycles. The standard InChI is InChI=1S/C19H30N4O3.HI/c1-19(2,3)26-18(24)22-15-10-12-23(14-15)17(20-4)21-11-13-25-16-8-6-5-7-9-16;/h5-9,15H,10-14H2,1-4H3,(H,20,21)(H,22,24);1H. The highest BCUT2D eigenvalue weighted by Crippen LogP contribution is 2.12. The van der Waals surface area contributed by atoms with E-state index in [0.717, 1.165) is 24.7 Å². The monoisotopic (exact) mass is 490 g/mol. The lowest BCUT2D eigenvalue weighted by molar-refractivity contribution is 0.0507. The Bertz CT molecular complexity index is 605. The minimum Gasteiger partial charge on any atom is -0.492 e. The predicted molar refractivity (Wildman–Crippen MR) is 118 cm³/mol. The summed E-state index contributed by atoms with van der Waals surface area (Å²) < 4.78 is 11.0. The summed E-state index contributed by atoms with van der Waals surface area (Å²) >= 11 is 0. The summed E-state index contributed by atoms with van der Waals surface area (Å²) in [6.45, 7) is 8.32. The van der Waals surface area contributed by atoms with Gasteiger partial charge in [0.2, 0.25) is 0 Å². The van der Waals surface area contributed by atoms with Crippen molar-refractivity contribution in [1.82, 2.24) is 15.5 Å². The number of carbonyl (C=O) groups is 1. The van der Waals surface area contributed by atoms with E-state index < -0.39 is 5.60 Å². The van der Waals surface area contributed by atoms with Crippen LogP contribution in [0.1, 0.15) is 27.2 Å². The minimum atomic E-state index is -0.487. The maximum absolute atomic E-state index is 11.9. The van der Waals surface area contributed by atoms with E-state index in [9.17, 15) is 4.79 Å². The van der Waals surface area contributed by atoms with Crippen LogP contribution in [0.3, 0.4) is 0 Å². The molecule has 0 bridgehead atoms. The van der Waals surface area contributed by atoms with E-state index in [1.54, 1.807) is 7.05 Å². The van der Waals surface area contributed by atoms with Crippen LogP contribution in [0.25, 0.3) is 0 Å². The molecule has 1 saturated heterocycles. The molecular formula is C19H31IN4O3. The fourth-order valence-corrected chi connectivity index (χ4v) is 2.73. The topological polar surface area (TPSA) is 75.2 Å². The smallest absolute Gasteiger partial charge is 0.407 e. The Labute approximate surface area is 178 Å². The Morgan fingerprint density at radius 2 is 2.00 bits per heavy atom. The van der Waals surface area contributed by atoms with Gasteiger partial charge in [0.1, 0.15) is 18.0 Å². The van der Waals surface area contributed by atoms with Gasteiger partial charge in [-0.25, -0.2) is 4.79 Å². The lowest BCUT2D eigenvalue weighted by Gasteiger charge is -2.23. The molecule has 1 amide bonds. The molecule has 152 valence electrons. The zero-order valence-electron chi connectivity index (χ0n) is 16.5. The van der Waals surface area contributed by atoms with E-state index in [0.29, 0.717) is 19.7 Å². The van der Waals surface area contributed by atoms with Gasteiger partial charge in [0.05, 0.1) is 12.6 Å². The molecule has 1 aliphatic rings. The summed E-state index contributed by atoms with van der Waals surface area (Å²) in [5.74, 6) is 1.67. The fourth-order valence-electron chi connectivity index (χ4n) is 2.73. The summed E-state index contributed by atoms with van der Waals surface area (Å²) in [4.78, 5) is 18.3. The van der Waals surface area contributed by atoms with Crippen LogP contribution in [0, 0.1) is 0 Å². The number of ether oxygens (including phenoxy) is 2. The van der Waals surface area contributed by atoms with Gasteiger partial charge in [0.25, 0.3) is 0 Å². The van der Waals surface area contributed by atoms with Crippen molar-refractivity contribution in [2.45, 2.75) is 38.8 Å². The molecule has 0 saturated carbocycles. The lowest BCUT2D eigenvalue weighted by Crippen LogP contribution is -2.44. The molecule has 0 spiro atoms. The zero-order valence-corrected chi connectivity index (χ0v) is 18.9. The number of amides is 1. The number of nitrogens with one attached hydrogen (secondary N) is 2. The Hall–Kier alpha value is -1.71. The number of likely N-dealkylation sites (tertiary alicyclic amines) is 1. The molecule has 27 heavy (non-hydrogen) atoms. The fraction of sp³-hybridized carbons (Fsp3) is 0.579. The number of hydrogen-bond donors (Lipinski definition) is 2. The van der Waals surface area contributed by atoms with Gasteiger partial charge < -0.3 is 25.0 Å². The number of halogens is 1. The van der Waals surface area contributed by atoms with Crippen LogP contribution in [-0.4, -0.2) is 61.9 Å². The van der Waals surface area contributed by atoms with Crippen molar-refractivity contribution in [2.24, 2.45) is 4.99 Å². The Kier molecular flexibility index (Phi) is 9.68. The first kappa shape index (κ1) is 23.3. The summed E-state index contributed by atoms with van der Waals surface area (Å²) in [6, 6.07) is 9.78. The summed E-state index contributed by atoms with van der Waals surface area (Å²) in [7, 11) is 1.76. The zero-order chi connectivity index (χ0) is 19.0. The molecule has 7 nitrogen and oxygen atoms in total. The van der Waals surface area contributed by atoms with Crippen LogP contribution in [0.2, 0.25) is 0 Å². The predicted octanol–water partition coefficient (Wildman–Crippen LogP) is 2.86. The van der Waals surface area contributed by atoms with Crippen LogP contribution >= 0.6 is 24.0 Å². The van der Waals surface area contributed by atoms with Crippen molar-refractivity contribution < 1.29 is 14.3 Å². The van der Waals surface area contributed by atoms with Gasteiger partial charge in [-0.2, -0.15) is 0 Å². The minimum absolute atomic E-state index is 0. The highest BCUT2D eigenvalue weighted by atomic mass is 127. The second kappa shape index (κ2) is 11.2. The van der Waals surface area contributed by atoms with Crippen molar-refractivity contribution in [1.29, 1.82) is 0 Å². The molecule has 1 fully saturated rings. The number of para-hydroxylation sites is 1. The van der Waals surface area contributed by atoms with Crippen molar-refractivity contribution in [3.63, 3.8) is 0 Å². The Morgan fingerprint density at radius 3 is 2.63 bits per heavy atom. The molecule has 2 rings (SSSR count). The van der Waals surface area contributed by atoms with Gasteiger partial charge >= 0.3 is 6.09 Å². The normalized spacial score (nSPS) is 17.1. The van der Waals surface area contributed by atoms with Crippen molar-refractivity contribution in [2.75, 3.05) is 33.3 Å². The first-order valence-electron chi connectivity index (χ1n) is 9.00. The quantitative estimate of drug-likeness (QED) is 0.288. The molecule has 0 radical (unpaired) electrons. The van der Waals surface area contributed by atoms with E-state index in [2.05, 4.69) is 20.5 Å². The summed E-state index contributed by atoms with van der Waals surface area (Å²) in [6.07, 6.45) is 0.490. The molecule has 1 aromatic carbocycles. The van der Waals surface area contributed by atoms with Crippen molar-refractivity contribution >= 4 is 36.0 Å². The second-order valence-corrected chi connectivity index (χ2v) is 7.21. The third kappa shape index (κ3) is 8.68. The molecule has 1 aromatic rings. The number of rotatable bonds is 5. The highest BCUT2D eigenvalue weighted by Gasteiger charge is 2.27. The number of benzene rings is 1. The second-order valence-electron chi connectivity index (χ2n) is 7.21. The molecule has 0 aliphatic carbocycles. The average Bonchev–Trinajstić information content (AvgIpc) is 3.02. The number of nitrogens with zero attached hydrogens (tertiary/aromatic N) is 2. The molecule has 1 aliphatic heterocycles. The number of alkyl carbamates (subject to hydrolysis) is 1. The number of hydrogen-bond acceptors (Lipinski definition) is 4. The summed E-state index contributed by atoms with van der Waals surface area (Å²) in [5, 5.41) is 6.22. The van der Waals surface area contributed by atoms with Gasteiger partial charge in [-0.15, -0.1) is 24.0 Å². The SMILES string of the molecule is CN=C(NCCOc1ccccc1)N1CCC(NC(=O)OC(C)(C)C)C1.I. The summed E-state index contributed by atoms with van der Waals surface area (Å²) in [5.41, 5.74) is -0.487. The first-order valence-corrected chi connectivity index (χ1v) is 9.00. The Balaban J connectivity index is 0.00000364. The maximum atomic E-state index is 11.9. The van der Waals surface area contributed by atoms with Crippen LogP contribution in [0.15, 0.2) is 35.3 Å². The largest absolute Gasteiger partial charge is 0.492 e. The Morgan fingerprint density at radius 1 is 1.30 bits per heavy atom. The van der Waals surface area contributed by atoms with Crippen LogP contribution in [-0.2, 0) is 4.74 Å². The number of aliphatic imine (C=N–C) groups is 1. The van der Waals surface area contributed by atoms with E-state index in [1.165, 1.54) is 0 Å².